The molecule has 0 unspecified atom stereocenters. The highest BCUT2D eigenvalue weighted by Crippen LogP contribution is 2.23. The summed E-state index contributed by atoms with van der Waals surface area (Å²) in [5.41, 5.74) is 1.90. The van der Waals surface area contributed by atoms with E-state index in [2.05, 4.69) is 20.9 Å². The Kier molecular flexibility index (Phi) is 3.40. The number of fused-ring (bicyclic) bond motifs is 1. The van der Waals surface area contributed by atoms with Gasteiger partial charge in [-0.25, -0.2) is 4.39 Å². The number of aromatic nitrogens is 1. The minimum atomic E-state index is -0.344. The molecule has 1 aromatic heterocycles. The Morgan fingerprint density at radius 3 is 2.80 bits per heavy atom. The first-order valence-corrected chi connectivity index (χ1v) is 6.97. The van der Waals surface area contributed by atoms with Crippen LogP contribution >= 0.6 is 15.9 Å². The largest absolute Gasteiger partial charge is 0.360 e. The van der Waals surface area contributed by atoms with Crippen molar-refractivity contribution in [3.8, 4) is 0 Å². The smallest absolute Gasteiger partial charge is 0.169 e. The summed E-state index contributed by atoms with van der Waals surface area (Å²) in [6, 6.07) is 12.0. The molecular weight excluding hydrogens is 321 g/mol. The Morgan fingerprint density at radius 1 is 1.20 bits per heavy atom. The number of ketones is 1. The van der Waals surface area contributed by atoms with E-state index >= 15 is 0 Å². The second-order valence-corrected chi connectivity index (χ2v) is 5.50. The summed E-state index contributed by atoms with van der Waals surface area (Å²) in [5, 5.41) is 0.856. The van der Waals surface area contributed by atoms with Gasteiger partial charge in [-0.3, -0.25) is 4.79 Å². The summed E-state index contributed by atoms with van der Waals surface area (Å²) >= 11 is 3.39. The predicted octanol–water partition coefficient (Wildman–Crippen LogP) is 4.49. The summed E-state index contributed by atoms with van der Waals surface area (Å²) in [5.74, 6) is -0.438. The Balaban J connectivity index is 1.95. The number of nitrogens with one attached hydrogen (secondary N) is 1. The van der Waals surface area contributed by atoms with E-state index < -0.39 is 0 Å². The molecule has 0 amide bonds. The monoisotopic (exact) mass is 331 g/mol. The topological polar surface area (TPSA) is 32.9 Å². The minimum Gasteiger partial charge on any atom is -0.360 e. The van der Waals surface area contributed by atoms with E-state index in [1.165, 1.54) is 6.07 Å². The van der Waals surface area contributed by atoms with Crippen LogP contribution in [0.15, 0.2) is 53.1 Å². The molecular formula is C16H11BrFNO. The molecule has 1 N–H and O–H groups in total. The maximum atomic E-state index is 13.6. The summed E-state index contributed by atoms with van der Waals surface area (Å²) in [6.45, 7) is 0. The molecule has 0 bridgehead atoms. The lowest BCUT2D eigenvalue weighted by molar-refractivity contribution is 0.0993. The molecule has 2 aromatic carbocycles. The van der Waals surface area contributed by atoms with Crippen LogP contribution in [0.5, 0.6) is 0 Å². The molecule has 20 heavy (non-hydrogen) atoms. The van der Waals surface area contributed by atoms with Crippen molar-refractivity contribution in [2.75, 3.05) is 0 Å². The highest BCUT2D eigenvalue weighted by atomic mass is 79.9. The molecule has 0 saturated carbocycles. The number of hydrogen-bond donors (Lipinski definition) is 1. The Bertz CT molecular complexity index is 794. The van der Waals surface area contributed by atoms with Gasteiger partial charge in [0.25, 0.3) is 0 Å². The first-order chi connectivity index (χ1) is 9.65. The van der Waals surface area contributed by atoms with Crippen LogP contribution in [0.2, 0.25) is 0 Å². The summed E-state index contributed by atoms with van der Waals surface area (Å²) in [7, 11) is 0. The lowest BCUT2D eigenvalue weighted by Crippen LogP contribution is -2.04. The third kappa shape index (κ3) is 2.39. The van der Waals surface area contributed by atoms with Crippen LogP contribution in [0.1, 0.15) is 15.9 Å². The van der Waals surface area contributed by atoms with E-state index in [0.717, 1.165) is 15.4 Å². The van der Waals surface area contributed by atoms with Gasteiger partial charge in [0.05, 0.1) is 0 Å². The van der Waals surface area contributed by atoms with Crippen LogP contribution in [0.4, 0.5) is 4.39 Å². The fourth-order valence-electron chi connectivity index (χ4n) is 2.24. The standard InChI is InChI=1S/C16H11BrFNO/c17-11-5-6-12-13(9-19-15(12)8-11)16(20)7-10-3-1-2-4-14(10)18/h1-6,8-9,19H,7H2. The molecule has 100 valence electrons. The Hall–Kier alpha value is -1.94. The van der Waals surface area contributed by atoms with Gasteiger partial charge >= 0.3 is 0 Å². The molecule has 3 aromatic rings. The van der Waals surface area contributed by atoms with Crippen molar-refractivity contribution in [2.45, 2.75) is 6.42 Å². The average molecular weight is 332 g/mol. The van der Waals surface area contributed by atoms with Gasteiger partial charge in [0.2, 0.25) is 0 Å². The fourth-order valence-corrected chi connectivity index (χ4v) is 2.60. The number of hydrogen-bond acceptors (Lipinski definition) is 1. The number of carbonyl (C=O) groups is 1. The average Bonchev–Trinajstić information content (AvgIpc) is 2.84. The highest BCUT2D eigenvalue weighted by molar-refractivity contribution is 9.10. The summed E-state index contributed by atoms with van der Waals surface area (Å²) in [4.78, 5) is 15.4. The van der Waals surface area contributed by atoms with E-state index in [-0.39, 0.29) is 18.0 Å². The molecule has 2 nitrogen and oxygen atoms in total. The van der Waals surface area contributed by atoms with E-state index in [1.54, 1.807) is 24.4 Å². The number of Topliss-reactive ketones (excluding diaryl/α,β-unsaturated/α-hetero) is 1. The van der Waals surface area contributed by atoms with Crippen LogP contribution in [0, 0.1) is 5.82 Å². The third-order valence-electron chi connectivity index (χ3n) is 3.25. The number of benzene rings is 2. The highest BCUT2D eigenvalue weighted by Gasteiger charge is 2.14. The predicted molar refractivity (Wildman–Crippen MR) is 80.4 cm³/mol. The number of halogens is 2. The van der Waals surface area contributed by atoms with Gasteiger partial charge in [-0.15, -0.1) is 0 Å². The second kappa shape index (κ2) is 5.21. The molecule has 0 radical (unpaired) electrons. The van der Waals surface area contributed by atoms with Crippen molar-refractivity contribution < 1.29 is 9.18 Å². The number of carbonyl (C=O) groups excluding carboxylic acids is 1. The van der Waals surface area contributed by atoms with Gasteiger partial charge in [-0.2, -0.15) is 0 Å². The van der Waals surface area contributed by atoms with Crippen LogP contribution in [-0.2, 0) is 6.42 Å². The maximum absolute atomic E-state index is 13.6. The zero-order valence-corrected chi connectivity index (χ0v) is 12.1. The van der Waals surface area contributed by atoms with Crippen molar-refractivity contribution in [3.63, 3.8) is 0 Å². The van der Waals surface area contributed by atoms with Crippen molar-refractivity contribution in [3.05, 3.63) is 70.1 Å². The van der Waals surface area contributed by atoms with E-state index in [1.807, 2.05) is 18.2 Å². The lowest BCUT2D eigenvalue weighted by Gasteiger charge is -2.02. The second-order valence-electron chi connectivity index (χ2n) is 4.58. The fraction of sp³-hybridized carbons (Fsp3) is 0.0625. The quantitative estimate of drug-likeness (QED) is 0.704. The van der Waals surface area contributed by atoms with Gasteiger partial charge in [0.15, 0.2) is 5.78 Å². The number of rotatable bonds is 3. The third-order valence-corrected chi connectivity index (χ3v) is 3.75. The molecule has 0 aliphatic rings. The van der Waals surface area contributed by atoms with Crippen molar-refractivity contribution >= 4 is 32.6 Å². The molecule has 3 rings (SSSR count). The molecule has 0 aliphatic carbocycles. The van der Waals surface area contributed by atoms with Gasteiger partial charge in [0, 0.05) is 33.6 Å². The van der Waals surface area contributed by atoms with E-state index in [9.17, 15) is 9.18 Å². The first-order valence-electron chi connectivity index (χ1n) is 6.18. The van der Waals surface area contributed by atoms with Crippen LogP contribution < -0.4 is 0 Å². The zero-order chi connectivity index (χ0) is 14.1. The van der Waals surface area contributed by atoms with E-state index in [0.29, 0.717) is 11.1 Å². The molecule has 0 aliphatic heterocycles. The van der Waals surface area contributed by atoms with Gasteiger partial charge in [0.1, 0.15) is 5.82 Å². The Morgan fingerprint density at radius 2 is 2.00 bits per heavy atom. The van der Waals surface area contributed by atoms with Crippen molar-refractivity contribution in [1.82, 2.24) is 4.98 Å². The van der Waals surface area contributed by atoms with E-state index in [4.69, 9.17) is 0 Å². The first kappa shape index (κ1) is 13.1. The van der Waals surface area contributed by atoms with Crippen LogP contribution in [0.25, 0.3) is 10.9 Å². The molecule has 0 saturated heterocycles. The van der Waals surface area contributed by atoms with Crippen LogP contribution in [-0.4, -0.2) is 10.8 Å². The molecule has 1 heterocycles. The number of H-pyrrole nitrogens is 1. The molecule has 0 spiro atoms. The lowest BCUT2D eigenvalue weighted by atomic mass is 10.0. The Labute approximate surface area is 123 Å². The van der Waals surface area contributed by atoms with Gasteiger partial charge in [-0.1, -0.05) is 40.2 Å². The zero-order valence-electron chi connectivity index (χ0n) is 10.5. The normalized spacial score (nSPS) is 10.9. The molecule has 4 heteroatoms. The number of aromatic amines is 1. The summed E-state index contributed by atoms with van der Waals surface area (Å²) in [6.07, 6.45) is 1.75. The maximum Gasteiger partial charge on any atom is 0.169 e. The summed E-state index contributed by atoms with van der Waals surface area (Å²) < 4.78 is 14.5. The minimum absolute atomic E-state index is 0.0652. The van der Waals surface area contributed by atoms with Crippen LogP contribution in [0.3, 0.4) is 0 Å². The van der Waals surface area contributed by atoms with Gasteiger partial charge < -0.3 is 4.98 Å². The van der Waals surface area contributed by atoms with Gasteiger partial charge in [-0.05, 0) is 23.8 Å². The van der Waals surface area contributed by atoms with Crippen molar-refractivity contribution in [2.24, 2.45) is 0 Å². The molecule has 0 atom stereocenters. The SMILES string of the molecule is O=C(Cc1ccccc1F)c1c[nH]c2cc(Br)ccc12. The van der Waals surface area contributed by atoms with Crippen molar-refractivity contribution in [1.29, 1.82) is 0 Å². The molecule has 0 fully saturated rings.